The zero-order valence-corrected chi connectivity index (χ0v) is 19.1. The number of nitrogens with two attached hydrogens (primary N) is 1. The van der Waals surface area contributed by atoms with Crippen molar-refractivity contribution in [3.8, 4) is 0 Å². The number of piperidine rings is 1. The van der Waals surface area contributed by atoms with E-state index in [1.807, 2.05) is 42.6 Å². The van der Waals surface area contributed by atoms with E-state index in [4.69, 9.17) is 11.1 Å². The molecule has 0 aliphatic carbocycles. The lowest BCUT2D eigenvalue weighted by molar-refractivity contribution is -0.139. The minimum Gasteiger partial charge on any atom is -0.480 e. The summed E-state index contributed by atoms with van der Waals surface area (Å²) in [6.45, 7) is 5.71. The summed E-state index contributed by atoms with van der Waals surface area (Å²) in [7, 11) is 0. The molecule has 0 saturated carbocycles. The van der Waals surface area contributed by atoms with Crippen molar-refractivity contribution in [1.29, 1.82) is 5.41 Å². The van der Waals surface area contributed by atoms with E-state index in [2.05, 4.69) is 25.8 Å². The fourth-order valence-corrected chi connectivity index (χ4v) is 5.24. The number of carboxylic acid groups (broad SMARTS) is 1. The smallest absolute Gasteiger partial charge is 0.317 e. The molecule has 0 amide bonds. The molecule has 2 unspecified atom stereocenters. The Labute approximate surface area is 195 Å². The molecular formula is C25H34N6O2. The van der Waals surface area contributed by atoms with Gasteiger partial charge in [0.2, 0.25) is 0 Å². The molecule has 1 aromatic carbocycles. The van der Waals surface area contributed by atoms with Crippen molar-refractivity contribution in [1.82, 2.24) is 14.8 Å². The number of carboxylic acids is 1. The van der Waals surface area contributed by atoms with Gasteiger partial charge in [-0.25, -0.2) is 0 Å². The molecule has 4 N–H and O–H groups in total. The van der Waals surface area contributed by atoms with Crippen LogP contribution in [0.5, 0.6) is 0 Å². The van der Waals surface area contributed by atoms with Crippen molar-refractivity contribution < 1.29 is 9.90 Å². The molecule has 8 heteroatoms. The molecule has 2 fully saturated rings. The summed E-state index contributed by atoms with van der Waals surface area (Å²) in [6.07, 6.45) is 4.79. The Morgan fingerprint density at radius 2 is 1.85 bits per heavy atom. The molecule has 2 aliphatic heterocycles. The number of piperazine rings is 1. The normalized spacial score (nSPS) is 22.2. The molecule has 4 rings (SSSR count). The second-order valence-corrected chi connectivity index (χ2v) is 9.09. The second-order valence-electron chi connectivity index (χ2n) is 9.09. The Balaban J connectivity index is 1.38. The van der Waals surface area contributed by atoms with E-state index in [0.29, 0.717) is 12.0 Å². The van der Waals surface area contributed by atoms with Crippen LogP contribution in [0.15, 0.2) is 48.7 Å². The van der Waals surface area contributed by atoms with Gasteiger partial charge in [0, 0.05) is 68.5 Å². The molecule has 0 radical (unpaired) electrons. The molecule has 33 heavy (non-hydrogen) atoms. The quantitative estimate of drug-likeness (QED) is 0.416. The van der Waals surface area contributed by atoms with Gasteiger partial charge in [0.15, 0.2) is 0 Å². The zero-order chi connectivity index (χ0) is 23.2. The van der Waals surface area contributed by atoms with E-state index in [-0.39, 0.29) is 12.4 Å². The van der Waals surface area contributed by atoms with Gasteiger partial charge in [-0.3, -0.25) is 25.0 Å². The fourth-order valence-electron chi connectivity index (χ4n) is 5.24. The van der Waals surface area contributed by atoms with Gasteiger partial charge in [-0.1, -0.05) is 6.07 Å². The summed E-state index contributed by atoms with van der Waals surface area (Å²) in [5.41, 5.74) is 8.60. The van der Waals surface area contributed by atoms with Crippen molar-refractivity contribution >= 4 is 17.5 Å². The Morgan fingerprint density at radius 1 is 1.09 bits per heavy atom. The number of aromatic nitrogens is 1. The summed E-state index contributed by atoms with van der Waals surface area (Å²) in [6, 6.07) is 14.4. The SMILES string of the molecule is N=C(N)c1ccc(N2CCN(C3CCN(CC(=O)O)CC3CCc3ccccn3)CC2)cc1. The maximum absolute atomic E-state index is 11.3. The van der Waals surface area contributed by atoms with Crippen molar-refractivity contribution in [2.45, 2.75) is 25.3 Å². The third-order valence-corrected chi connectivity index (χ3v) is 6.96. The van der Waals surface area contributed by atoms with Crippen LogP contribution in [0.25, 0.3) is 0 Å². The zero-order valence-electron chi connectivity index (χ0n) is 19.1. The number of aryl methyl sites for hydroxylation is 1. The van der Waals surface area contributed by atoms with E-state index in [9.17, 15) is 9.90 Å². The predicted octanol–water partition coefficient (Wildman–Crippen LogP) is 1.90. The monoisotopic (exact) mass is 450 g/mol. The summed E-state index contributed by atoms with van der Waals surface area (Å²) in [5.74, 6) is -0.222. The maximum Gasteiger partial charge on any atom is 0.317 e. The molecule has 3 heterocycles. The molecule has 2 atom stereocenters. The van der Waals surface area contributed by atoms with Crippen LogP contribution in [-0.4, -0.2) is 83.6 Å². The number of hydrogen-bond donors (Lipinski definition) is 3. The lowest BCUT2D eigenvalue weighted by Gasteiger charge is -2.47. The van der Waals surface area contributed by atoms with E-state index in [1.165, 1.54) is 5.69 Å². The number of carbonyl (C=O) groups is 1. The van der Waals surface area contributed by atoms with E-state index in [1.54, 1.807) is 0 Å². The van der Waals surface area contributed by atoms with Crippen molar-refractivity contribution in [2.24, 2.45) is 11.7 Å². The predicted molar refractivity (Wildman–Crippen MR) is 130 cm³/mol. The number of likely N-dealkylation sites (tertiary alicyclic amines) is 1. The Hall–Kier alpha value is -2.97. The summed E-state index contributed by atoms with van der Waals surface area (Å²) in [5, 5.41) is 16.8. The van der Waals surface area contributed by atoms with Crippen LogP contribution in [0.4, 0.5) is 5.69 Å². The third kappa shape index (κ3) is 6.09. The maximum atomic E-state index is 11.3. The second kappa shape index (κ2) is 10.8. The van der Waals surface area contributed by atoms with Gasteiger partial charge in [-0.2, -0.15) is 0 Å². The number of amidine groups is 1. The number of pyridine rings is 1. The molecule has 176 valence electrons. The van der Waals surface area contributed by atoms with E-state index in [0.717, 1.165) is 69.8 Å². The first-order chi connectivity index (χ1) is 16.0. The van der Waals surface area contributed by atoms with Gasteiger partial charge in [0.05, 0.1) is 6.54 Å². The highest BCUT2D eigenvalue weighted by atomic mass is 16.4. The van der Waals surface area contributed by atoms with Crippen molar-refractivity contribution in [3.63, 3.8) is 0 Å². The minimum atomic E-state index is -0.749. The lowest BCUT2D eigenvalue weighted by atomic mass is 9.86. The number of aliphatic carboxylic acids is 1. The average Bonchev–Trinajstić information content (AvgIpc) is 2.83. The standard InChI is InChI=1S/C25H34N6O2/c26-25(27)19-5-8-22(9-6-19)30-13-15-31(16-14-30)23-10-12-29(18-24(32)33)17-20(23)4-7-21-3-1-2-11-28-21/h1-3,5-6,8-9,11,20,23H,4,7,10,12-18H2,(H3,26,27)(H,32,33). The van der Waals surface area contributed by atoms with Crippen LogP contribution in [0.3, 0.4) is 0 Å². The van der Waals surface area contributed by atoms with Crippen molar-refractivity contribution in [3.05, 3.63) is 59.9 Å². The van der Waals surface area contributed by atoms with Crippen LogP contribution in [0, 0.1) is 11.3 Å². The molecular weight excluding hydrogens is 416 g/mol. The van der Waals surface area contributed by atoms with Crippen LogP contribution < -0.4 is 10.6 Å². The number of benzene rings is 1. The van der Waals surface area contributed by atoms with Crippen LogP contribution in [-0.2, 0) is 11.2 Å². The Bertz CT molecular complexity index is 928. The van der Waals surface area contributed by atoms with Gasteiger partial charge in [0.25, 0.3) is 0 Å². The molecule has 1 aromatic heterocycles. The third-order valence-electron chi connectivity index (χ3n) is 6.96. The first kappa shape index (κ1) is 23.2. The van der Waals surface area contributed by atoms with E-state index >= 15 is 0 Å². The highest BCUT2D eigenvalue weighted by Gasteiger charge is 2.35. The lowest BCUT2D eigenvalue weighted by Crippen LogP contribution is -2.57. The topological polar surface area (TPSA) is 110 Å². The molecule has 2 aliphatic rings. The molecule has 8 nitrogen and oxygen atoms in total. The van der Waals surface area contributed by atoms with Gasteiger partial charge >= 0.3 is 5.97 Å². The number of nitrogens with one attached hydrogen (secondary N) is 1. The van der Waals surface area contributed by atoms with Gasteiger partial charge in [-0.15, -0.1) is 0 Å². The van der Waals surface area contributed by atoms with E-state index < -0.39 is 5.97 Å². The van der Waals surface area contributed by atoms with Gasteiger partial charge in [0.1, 0.15) is 5.84 Å². The Morgan fingerprint density at radius 3 is 2.48 bits per heavy atom. The van der Waals surface area contributed by atoms with Crippen molar-refractivity contribution in [2.75, 3.05) is 50.7 Å². The van der Waals surface area contributed by atoms with Crippen LogP contribution in [0.2, 0.25) is 0 Å². The van der Waals surface area contributed by atoms with Crippen LogP contribution >= 0.6 is 0 Å². The molecule has 2 saturated heterocycles. The largest absolute Gasteiger partial charge is 0.480 e. The number of nitrogens with zero attached hydrogens (tertiary/aromatic N) is 4. The fraction of sp³-hybridized carbons (Fsp3) is 0.480. The van der Waals surface area contributed by atoms with Gasteiger partial charge in [-0.05, 0) is 61.6 Å². The van der Waals surface area contributed by atoms with Crippen LogP contribution in [0.1, 0.15) is 24.1 Å². The number of nitrogen functional groups attached to an aromatic ring is 1. The molecule has 2 aromatic rings. The first-order valence-corrected chi connectivity index (χ1v) is 11.8. The number of rotatable bonds is 8. The summed E-state index contributed by atoms with van der Waals surface area (Å²) in [4.78, 5) is 22.9. The summed E-state index contributed by atoms with van der Waals surface area (Å²) >= 11 is 0. The molecule has 0 spiro atoms. The highest BCUT2D eigenvalue weighted by molar-refractivity contribution is 5.95. The molecule has 0 bridgehead atoms. The Kier molecular flexibility index (Phi) is 7.57. The summed E-state index contributed by atoms with van der Waals surface area (Å²) < 4.78 is 0. The number of anilines is 1. The minimum absolute atomic E-state index is 0.0948. The van der Waals surface area contributed by atoms with Gasteiger partial charge < -0.3 is 15.7 Å². The first-order valence-electron chi connectivity index (χ1n) is 11.8. The highest BCUT2D eigenvalue weighted by Crippen LogP contribution is 2.28. The average molecular weight is 451 g/mol. The number of hydrogen-bond acceptors (Lipinski definition) is 6.